The summed E-state index contributed by atoms with van der Waals surface area (Å²) >= 11 is 5.54. The molecule has 0 aromatic heterocycles. The first-order valence-electron chi connectivity index (χ1n) is 7.50. The number of para-hydroxylation sites is 1. The molecule has 1 N–H and O–H groups in total. The van der Waals surface area contributed by atoms with Crippen molar-refractivity contribution in [1.29, 1.82) is 0 Å². The Balaban J connectivity index is 1.69. The lowest BCUT2D eigenvalue weighted by molar-refractivity contribution is -0.134. The van der Waals surface area contributed by atoms with Gasteiger partial charge in [-0.05, 0) is 25.0 Å². The van der Waals surface area contributed by atoms with E-state index in [4.69, 9.17) is 16.3 Å². The Bertz CT molecular complexity index is 487. The summed E-state index contributed by atoms with van der Waals surface area (Å²) in [5.74, 6) is 0.987. The number of likely N-dealkylation sites (tertiary alicyclic amines) is 1. The monoisotopic (exact) mass is 324 g/mol. The van der Waals surface area contributed by atoms with Crippen LogP contribution in [0, 0.1) is 0 Å². The number of carbonyl (C=O) groups is 2. The zero-order valence-electron chi connectivity index (χ0n) is 12.5. The third-order valence-corrected chi connectivity index (χ3v) is 3.83. The molecule has 2 amide bonds. The van der Waals surface area contributed by atoms with Gasteiger partial charge in [-0.25, -0.2) is 0 Å². The Morgan fingerprint density at radius 2 is 1.91 bits per heavy atom. The predicted octanol–water partition coefficient (Wildman–Crippen LogP) is 1.80. The van der Waals surface area contributed by atoms with E-state index in [1.165, 1.54) is 0 Å². The second-order valence-electron chi connectivity index (χ2n) is 5.26. The van der Waals surface area contributed by atoms with Gasteiger partial charge in [0.15, 0.2) is 6.61 Å². The number of piperidine rings is 1. The number of hydrogen-bond donors (Lipinski definition) is 1. The van der Waals surface area contributed by atoms with Crippen molar-refractivity contribution < 1.29 is 14.3 Å². The third kappa shape index (κ3) is 5.22. The van der Waals surface area contributed by atoms with Crippen LogP contribution in [0.5, 0.6) is 5.75 Å². The summed E-state index contributed by atoms with van der Waals surface area (Å²) in [7, 11) is 0. The Labute approximate surface area is 135 Å². The zero-order valence-corrected chi connectivity index (χ0v) is 13.2. The van der Waals surface area contributed by atoms with E-state index >= 15 is 0 Å². The Hall–Kier alpha value is -1.75. The molecule has 0 unspecified atom stereocenters. The molecule has 1 saturated heterocycles. The third-order valence-electron chi connectivity index (χ3n) is 3.64. The Kier molecular flexibility index (Phi) is 6.52. The molecule has 1 heterocycles. The summed E-state index contributed by atoms with van der Waals surface area (Å²) in [4.78, 5) is 25.4. The fourth-order valence-electron chi connectivity index (χ4n) is 2.41. The SMILES string of the molecule is O=C(CCCl)NC1CCN(C(=O)COc2ccccc2)CC1. The van der Waals surface area contributed by atoms with Gasteiger partial charge >= 0.3 is 0 Å². The molecule has 0 aliphatic carbocycles. The first-order chi connectivity index (χ1) is 10.7. The van der Waals surface area contributed by atoms with Gasteiger partial charge in [-0.1, -0.05) is 18.2 Å². The molecule has 0 bridgehead atoms. The van der Waals surface area contributed by atoms with Crippen LogP contribution in [0.25, 0.3) is 0 Å². The lowest BCUT2D eigenvalue weighted by Crippen LogP contribution is -2.47. The summed E-state index contributed by atoms with van der Waals surface area (Å²) in [5, 5.41) is 2.94. The molecule has 1 aromatic carbocycles. The Morgan fingerprint density at radius 3 is 2.55 bits per heavy atom. The molecular formula is C16H21ClN2O3. The van der Waals surface area contributed by atoms with Crippen molar-refractivity contribution in [3.63, 3.8) is 0 Å². The Morgan fingerprint density at radius 1 is 1.23 bits per heavy atom. The molecule has 0 saturated carbocycles. The molecule has 0 atom stereocenters. The number of ether oxygens (including phenoxy) is 1. The number of hydrogen-bond acceptors (Lipinski definition) is 3. The number of nitrogens with one attached hydrogen (secondary N) is 1. The maximum Gasteiger partial charge on any atom is 0.260 e. The summed E-state index contributed by atoms with van der Waals surface area (Å²) in [6.07, 6.45) is 1.88. The normalized spacial score (nSPS) is 15.4. The first kappa shape index (κ1) is 16.6. The molecule has 22 heavy (non-hydrogen) atoms. The highest BCUT2D eigenvalue weighted by atomic mass is 35.5. The number of benzene rings is 1. The first-order valence-corrected chi connectivity index (χ1v) is 8.03. The van der Waals surface area contributed by atoms with Crippen molar-refractivity contribution in [3.8, 4) is 5.75 Å². The predicted molar refractivity (Wildman–Crippen MR) is 85.0 cm³/mol. The number of alkyl halides is 1. The number of rotatable bonds is 6. The van der Waals surface area contributed by atoms with Crippen LogP contribution in [-0.2, 0) is 9.59 Å². The van der Waals surface area contributed by atoms with Gasteiger partial charge in [-0.3, -0.25) is 9.59 Å². The van der Waals surface area contributed by atoms with Crippen LogP contribution in [0.3, 0.4) is 0 Å². The van der Waals surface area contributed by atoms with E-state index in [1.807, 2.05) is 30.3 Å². The molecule has 1 aromatic rings. The van der Waals surface area contributed by atoms with Gasteiger partial charge < -0.3 is 15.0 Å². The lowest BCUT2D eigenvalue weighted by atomic mass is 10.0. The topological polar surface area (TPSA) is 58.6 Å². The van der Waals surface area contributed by atoms with Crippen molar-refractivity contribution in [1.82, 2.24) is 10.2 Å². The van der Waals surface area contributed by atoms with Gasteiger partial charge in [-0.15, -0.1) is 11.6 Å². The van der Waals surface area contributed by atoms with Crippen molar-refractivity contribution in [2.75, 3.05) is 25.6 Å². The zero-order chi connectivity index (χ0) is 15.8. The maximum atomic E-state index is 12.1. The number of carbonyl (C=O) groups excluding carboxylic acids is 2. The van der Waals surface area contributed by atoms with Gasteiger partial charge in [0, 0.05) is 31.4 Å². The van der Waals surface area contributed by atoms with Crippen molar-refractivity contribution in [3.05, 3.63) is 30.3 Å². The second kappa shape index (κ2) is 8.63. The highest BCUT2D eigenvalue weighted by Crippen LogP contribution is 2.12. The van der Waals surface area contributed by atoms with Crippen LogP contribution in [-0.4, -0.2) is 48.3 Å². The molecule has 120 valence electrons. The van der Waals surface area contributed by atoms with E-state index < -0.39 is 0 Å². The molecule has 0 spiro atoms. The van der Waals surface area contributed by atoms with Gasteiger partial charge in [0.25, 0.3) is 5.91 Å². The number of halogens is 1. The number of amides is 2. The fraction of sp³-hybridized carbons (Fsp3) is 0.500. The standard InChI is InChI=1S/C16H21ClN2O3/c17-9-6-15(20)18-13-7-10-19(11-8-13)16(21)12-22-14-4-2-1-3-5-14/h1-5,13H,6-12H2,(H,18,20). The van der Waals surface area contributed by atoms with Crippen LogP contribution in [0.2, 0.25) is 0 Å². The largest absolute Gasteiger partial charge is 0.484 e. The molecule has 6 heteroatoms. The minimum absolute atomic E-state index is 0.0191. The summed E-state index contributed by atoms with van der Waals surface area (Å²) in [6.45, 7) is 1.33. The van der Waals surface area contributed by atoms with Crippen LogP contribution < -0.4 is 10.1 Å². The minimum Gasteiger partial charge on any atom is -0.484 e. The van der Waals surface area contributed by atoms with Crippen LogP contribution in [0.1, 0.15) is 19.3 Å². The average molecular weight is 325 g/mol. The van der Waals surface area contributed by atoms with Crippen molar-refractivity contribution >= 4 is 23.4 Å². The van der Waals surface area contributed by atoms with Gasteiger partial charge in [0.2, 0.25) is 5.91 Å². The smallest absolute Gasteiger partial charge is 0.260 e. The molecule has 1 fully saturated rings. The summed E-state index contributed by atoms with van der Waals surface area (Å²) in [5.41, 5.74) is 0. The van der Waals surface area contributed by atoms with Crippen molar-refractivity contribution in [2.45, 2.75) is 25.3 Å². The molecule has 1 aliphatic rings. The molecule has 0 radical (unpaired) electrons. The fourth-order valence-corrected chi connectivity index (χ4v) is 2.58. The quantitative estimate of drug-likeness (QED) is 0.812. The van der Waals surface area contributed by atoms with Crippen LogP contribution >= 0.6 is 11.6 Å². The molecule has 2 rings (SSSR count). The lowest BCUT2D eigenvalue weighted by Gasteiger charge is -2.32. The molecule has 5 nitrogen and oxygen atoms in total. The van der Waals surface area contributed by atoms with Gasteiger partial charge in [0.05, 0.1) is 0 Å². The minimum atomic E-state index is -0.0211. The molecular weight excluding hydrogens is 304 g/mol. The summed E-state index contributed by atoms with van der Waals surface area (Å²) < 4.78 is 5.47. The van der Waals surface area contributed by atoms with E-state index in [-0.39, 0.29) is 24.5 Å². The summed E-state index contributed by atoms with van der Waals surface area (Å²) in [6, 6.07) is 9.43. The number of nitrogens with zero attached hydrogens (tertiary/aromatic N) is 1. The van der Waals surface area contributed by atoms with E-state index in [9.17, 15) is 9.59 Å². The van der Waals surface area contributed by atoms with Gasteiger partial charge in [0.1, 0.15) is 5.75 Å². The second-order valence-corrected chi connectivity index (χ2v) is 5.64. The van der Waals surface area contributed by atoms with Crippen molar-refractivity contribution in [2.24, 2.45) is 0 Å². The van der Waals surface area contributed by atoms with E-state index in [0.717, 1.165) is 12.8 Å². The maximum absolute atomic E-state index is 12.1. The highest BCUT2D eigenvalue weighted by molar-refractivity contribution is 6.18. The van der Waals surface area contributed by atoms with E-state index in [0.29, 0.717) is 31.1 Å². The highest BCUT2D eigenvalue weighted by Gasteiger charge is 2.23. The van der Waals surface area contributed by atoms with Crippen LogP contribution in [0.4, 0.5) is 0 Å². The van der Waals surface area contributed by atoms with E-state index in [1.54, 1.807) is 4.90 Å². The average Bonchev–Trinajstić information content (AvgIpc) is 2.54. The van der Waals surface area contributed by atoms with Crippen LogP contribution in [0.15, 0.2) is 30.3 Å². The van der Waals surface area contributed by atoms with Gasteiger partial charge in [-0.2, -0.15) is 0 Å². The molecule has 1 aliphatic heterocycles. The van der Waals surface area contributed by atoms with E-state index in [2.05, 4.69) is 5.32 Å².